The Labute approximate surface area is 92.8 Å². The molecule has 0 bridgehead atoms. The highest BCUT2D eigenvalue weighted by molar-refractivity contribution is 5.67. The Balaban J connectivity index is 3.48. The van der Waals surface area contributed by atoms with Gasteiger partial charge in [-0.05, 0) is 34.1 Å². The molecule has 2 N–H and O–H groups in total. The van der Waals surface area contributed by atoms with Crippen molar-refractivity contribution >= 4 is 6.09 Å². The van der Waals surface area contributed by atoms with Gasteiger partial charge in [-0.3, -0.25) is 0 Å². The predicted molar refractivity (Wildman–Crippen MR) is 62.0 cm³/mol. The van der Waals surface area contributed by atoms with E-state index in [9.17, 15) is 4.79 Å². The van der Waals surface area contributed by atoms with Crippen molar-refractivity contribution < 1.29 is 9.53 Å². The van der Waals surface area contributed by atoms with Crippen molar-refractivity contribution in [3.05, 3.63) is 0 Å². The van der Waals surface area contributed by atoms with Gasteiger partial charge in [0.15, 0.2) is 0 Å². The summed E-state index contributed by atoms with van der Waals surface area (Å²) in [6.45, 7) is 11.2. The number of carbonyl (C=O) groups excluding carboxylic acids is 1. The van der Waals surface area contributed by atoms with Crippen molar-refractivity contribution in [2.75, 3.05) is 13.1 Å². The zero-order chi connectivity index (χ0) is 11.9. The summed E-state index contributed by atoms with van der Waals surface area (Å²) >= 11 is 0. The molecule has 0 radical (unpaired) electrons. The Morgan fingerprint density at radius 1 is 1.33 bits per heavy atom. The molecule has 0 heterocycles. The van der Waals surface area contributed by atoms with Gasteiger partial charge in [0.05, 0.1) is 0 Å². The van der Waals surface area contributed by atoms with Crippen LogP contribution in [0.25, 0.3) is 0 Å². The first-order chi connectivity index (χ1) is 6.85. The lowest BCUT2D eigenvalue weighted by molar-refractivity contribution is 0.0528. The summed E-state index contributed by atoms with van der Waals surface area (Å²) in [6.07, 6.45) is 0.736. The van der Waals surface area contributed by atoms with Crippen LogP contribution in [0.5, 0.6) is 0 Å². The first-order valence-corrected chi connectivity index (χ1v) is 5.55. The van der Waals surface area contributed by atoms with E-state index in [4.69, 9.17) is 4.74 Å². The van der Waals surface area contributed by atoms with E-state index >= 15 is 0 Å². The number of amides is 1. The number of rotatable bonds is 5. The molecule has 0 aliphatic carbocycles. The highest BCUT2D eigenvalue weighted by Gasteiger charge is 2.15. The number of hydrogen-bond acceptors (Lipinski definition) is 3. The molecular weight excluding hydrogens is 192 g/mol. The SMILES string of the molecule is CC[C@@H](C)NCCNC(=O)OC(C)(C)C. The van der Waals surface area contributed by atoms with Crippen LogP contribution in [0.2, 0.25) is 0 Å². The second kappa shape index (κ2) is 6.67. The van der Waals surface area contributed by atoms with Gasteiger partial charge < -0.3 is 15.4 Å². The third-order valence-electron chi connectivity index (χ3n) is 1.90. The van der Waals surface area contributed by atoms with Crippen LogP contribution in [0.3, 0.4) is 0 Å². The first-order valence-electron chi connectivity index (χ1n) is 5.55. The van der Waals surface area contributed by atoms with Gasteiger partial charge in [-0.15, -0.1) is 0 Å². The standard InChI is InChI=1S/C11H24N2O2/c1-6-9(2)12-7-8-13-10(14)15-11(3,4)5/h9,12H,6-8H2,1-5H3,(H,13,14)/t9-/m1/s1. The third kappa shape index (κ3) is 9.53. The molecule has 0 spiro atoms. The smallest absolute Gasteiger partial charge is 0.407 e. The molecule has 0 saturated heterocycles. The molecule has 0 aromatic heterocycles. The molecule has 1 atom stereocenters. The van der Waals surface area contributed by atoms with Crippen LogP contribution in [0.1, 0.15) is 41.0 Å². The van der Waals surface area contributed by atoms with E-state index in [0.717, 1.165) is 13.0 Å². The van der Waals surface area contributed by atoms with Gasteiger partial charge in [-0.2, -0.15) is 0 Å². The fourth-order valence-corrected chi connectivity index (χ4v) is 0.942. The fourth-order valence-electron chi connectivity index (χ4n) is 0.942. The molecule has 1 amide bonds. The quantitative estimate of drug-likeness (QED) is 0.690. The van der Waals surface area contributed by atoms with Crippen molar-refractivity contribution in [2.24, 2.45) is 0 Å². The minimum atomic E-state index is -0.422. The lowest BCUT2D eigenvalue weighted by atomic mass is 10.2. The Kier molecular flexibility index (Phi) is 6.32. The number of ether oxygens (including phenoxy) is 1. The monoisotopic (exact) mass is 216 g/mol. The van der Waals surface area contributed by atoms with Gasteiger partial charge in [0.1, 0.15) is 5.60 Å². The molecule has 4 heteroatoms. The van der Waals surface area contributed by atoms with Crippen LogP contribution >= 0.6 is 0 Å². The fraction of sp³-hybridized carbons (Fsp3) is 0.909. The van der Waals surface area contributed by atoms with E-state index in [2.05, 4.69) is 24.5 Å². The summed E-state index contributed by atoms with van der Waals surface area (Å²) < 4.78 is 5.09. The average Bonchev–Trinajstić information content (AvgIpc) is 2.09. The second-order valence-corrected chi connectivity index (χ2v) is 4.69. The van der Waals surface area contributed by atoms with Gasteiger partial charge in [0.25, 0.3) is 0 Å². The third-order valence-corrected chi connectivity index (χ3v) is 1.90. The summed E-state index contributed by atoms with van der Waals surface area (Å²) in [5.41, 5.74) is -0.422. The van der Waals surface area contributed by atoms with E-state index < -0.39 is 5.60 Å². The molecule has 0 saturated carbocycles. The molecule has 0 rings (SSSR count). The molecule has 0 aromatic rings. The van der Waals surface area contributed by atoms with E-state index in [-0.39, 0.29) is 6.09 Å². The van der Waals surface area contributed by atoms with E-state index in [0.29, 0.717) is 12.6 Å². The Hall–Kier alpha value is -0.770. The summed E-state index contributed by atoms with van der Waals surface area (Å²) in [5, 5.41) is 5.98. The highest BCUT2D eigenvalue weighted by atomic mass is 16.6. The van der Waals surface area contributed by atoms with Crippen LogP contribution in [0, 0.1) is 0 Å². The Morgan fingerprint density at radius 2 is 1.93 bits per heavy atom. The predicted octanol–water partition coefficient (Wildman–Crippen LogP) is 1.90. The van der Waals surface area contributed by atoms with Gasteiger partial charge in [-0.25, -0.2) is 4.79 Å². The zero-order valence-corrected chi connectivity index (χ0v) is 10.5. The molecule has 4 nitrogen and oxygen atoms in total. The van der Waals surface area contributed by atoms with Crippen LogP contribution in [-0.4, -0.2) is 30.8 Å². The van der Waals surface area contributed by atoms with Crippen molar-refractivity contribution in [2.45, 2.75) is 52.7 Å². The highest BCUT2D eigenvalue weighted by Crippen LogP contribution is 2.05. The van der Waals surface area contributed by atoms with Crippen LogP contribution < -0.4 is 10.6 Å². The Bertz CT molecular complexity index is 188. The Morgan fingerprint density at radius 3 is 2.40 bits per heavy atom. The number of nitrogens with one attached hydrogen (secondary N) is 2. The molecule has 15 heavy (non-hydrogen) atoms. The van der Waals surface area contributed by atoms with E-state index in [1.54, 1.807) is 0 Å². The number of carbonyl (C=O) groups is 1. The van der Waals surface area contributed by atoms with Crippen LogP contribution in [-0.2, 0) is 4.74 Å². The van der Waals surface area contributed by atoms with Crippen LogP contribution in [0.15, 0.2) is 0 Å². The van der Waals surface area contributed by atoms with Crippen molar-refractivity contribution in [1.82, 2.24) is 10.6 Å². The number of alkyl carbamates (subject to hydrolysis) is 1. The van der Waals surface area contributed by atoms with E-state index in [1.807, 2.05) is 20.8 Å². The van der Waals surface area contributed by atoms with Crippen molar-refractivity contribution in [3.8, 4) is 0 Å². The summed E-state index contributed by atoms with van der Waals surface area (Å²) in [6, 6.07) is 0.491. The summed E-state index contributed by atoms with van der Waals surface area (Å²) in [4.78, 5) is 11.2. The van der Waals surface area contributed by atoms with E-state index in [1.165, 1.54) is 0 Å². The normalized spacial score (nSPS) is 13.4. The van der Waals surface area contributed by atoms with Crippen molar-refractivity contribution in [3.63, 3.8) is 0 Å². The summed E-state index contributed by atoms with van der Waals surface area (Å²) in [7, 11) is 0. The molecule has 90 valence electrons. The molecule has 0 aliphatic heterocycles. The maximum atomic E-state index is 11.2. The molecular formula is C11H24N2O2. The van der Waals surface area contributed by atoms with Gasteiger partial charge in [0, 0.05) is 19.1 Å². The lowest BCUT2D eigenvalue weighted by Gasteiger charge is -2.20. The lowest BCUT2D eigenvalue weighted by Crippen LogP contribution is -2.38. The first kappa shape index (κ1) is 14.2. The maximum Gasteiger partial charge on any atom is 0.407 e. The topological polar surface area (TPSA) is 50.4 Å². The maximum absolute atomic E-state index is 11.2. The minimum Gasteiger partial charge on any atom is -0.444 e. The zero-order valence-electron chi connectivity index (χ0n) is 10.5. The minimum absolute atomic E-state index is 0.353. The van der Waals surface area contributed by atoms with Crippen LogP contribution in [0.4, 0.5) is 4.79 Å². The summed E-state index contributed by atoms with van der Waals surface area (Å²) in [5.74, 6) is 0. The van der Waals surface area contributed by atoms with Crippen molar-refractivity contribution in [1.29, 1.82) is 0 Å². The second-order valence-electron chi connectivity index (χ2n) is 4.69. The molecule has 0 fully saturated rings. The average molecular weight is 216 g/mol. The van der Waals surface area contributed by atoms with Gasteiger partial charge in [0.2, 0.25) is 0 Å². The molecule has 0 unspecified atom stereocenters. The molecule has 0 aliphatic rings. The molecule has 0 aromatic carbocycles. The largest absolute Gasteiger partial charge is 0.444 e. The van der Waals surface area contributed by atoms with Gasteiger partial charge >= 0.3 is 6.09 Å². The number of hydrogen-bond donors (Lipinski definition) is 2. The van der Waals surface area contributed by atoms with Gasteiger partial charge in [-0.1, -0.05) is 6.92 Å².